The van der Waals surface area contributed by atoms with Gasteiger partial charge in [0, 0.05) is 17.8 Å². The van der Waals surface area contributed by atoms with Crippen molar-refractivity contribution in [2.24, 2.45) is 5.73 Å². The third-order valence-electron chi connectivity index (χ3n) is 3.14. The van der Waals surface area contributed by atoms with E-state index in [2.05, 4.69) is 4.98 Å². The van der Waals surface area contributed by atoms with E-state index in [1.54, 1.807) is 18.3 Å². The monoisotopic (exact) mass is 289 g/mol. The molecule has 0 fully saturated rings. The van der Waals surface area contributed by atoms with Crippen molar-refractivity contribution in [2.75, 3.05) is 0 Å². The summed E-state index contributed by atoms with van der Waals surface area (Å²) in [5, 5.41) is 0.587. The van der Waals surface area contributed by atoms with Gasteiger partial charge in [-0.2, -0.15) is 0 Å². The smallest absolute Gasteiger partial charge is 0.137 e. The zero-order valence-electron chi connectivity index (χ0n) is 10.8. The van der Waals surface area contributed by atoms with E-state index < -0.39 is 0 Å². The molecule has 0 aliphatic carbocycles. The van der Waals surface area contributed by atoms with Crippen LogP contribution in [0.3, 0.4) is 0 Å². The fourth-order valence-electron chi connectivity index (χ4n) is 2.28. The van der Waals surface area contributed by atoms with Gasteiger partial charge in [0.2, 0.25) is 0 Å². The van der Waals surface area contributed by atoms with Gasteiger partial charge in [-0.25, -0.2) is 9.37 Å². The van der Waals surface area contributed by atoms with Crippen LogP contribution in [0, 0.1) is 5.82 Å². The second-order valence-electron chi connectivity index (χ2n) is 4.72. The van der Waals surface area contributed by atoms with Crippen LogP contribution in [-0.2, 0) is 0 Å². The van der Waals surface area contributed by atoms with Crippen LogP contribution in [0.5, 0.6) is 0 Å². The molecule has 102 valence electrons. The normalized spacial score (nSPS) is 12.8. The number of nitrogens with zero attached hydrogens (tertiary/aromatic N) is 2. The molecule has 0 spiro atoms. The molecule has 0 amide bonds. The van der Waals surface area contributed by atoms with E-state index in [1.807, 2.05) is 23.5 Å². The summed E-state index contributed by atoms with van der Waals surface area (Å²) in [4.78, 5) is 4.52. The van der Waals surface area contributed by atoms with Crippen LogP contribution in [-0.4, -0.2) is 9.38 Å². The lowest BCUT2D eigenvalue weighted by Crippen LogP contribution is -2.07. The number of fused-ring (bicyclic) bond motifs is 1. The molecule has 20 heavy (non-hydrogen) atoms. The van der Waals surface area contributed by atoms with Crippen LogP contribution >= 0.6 is 11.6 Å². The predicted octanol–water partition coefficient (Wildman–Crippen LogP) is 3.81. The van der Waals surface area contributed by atoms with Crippen LogP contribution in [0.4, 0.5) is 4.39 Å². The first-order chi connectivity index (χ1) is 9.56. The maximum atomic E-state index is 13.5. The molecule has 2 aromatic heterocycles. The van der Waals surface area contributed by atoms with Crippen molar-refractivity contribution in [1.29, 1.82) is 0 Å². The number of hydrogen-bond donors (Lipinski definition) is 1. The van der Waals surface area contributed by atoms with Gasteiger partial charge in [0.05, 0.1) is 16.4 Å². The average Bonchev–Trinajstić information content (AvgIpc) is 2.77. The molecular formula is C15H13ClFN3. The van der Waals surface area contributed by atoms with E-state index in [1.165, 1.54) is 12.1 Å². The Balaban J connectivity index is 2.36. The van der Waals surface area contributed by atoms with Crippen molar-refractivity contribution in [3.8, 4) is 11.3 Å². The quantitative estimate of drug-likeness (QED) is 0.779. The minimum absolute atomic E-state index is 0.257. The van der Waals surface area contributed by atoms with E-state index in [0.717, 1.165) is 22.6 Å². The van der Waals surface area contributed by atoms with Gasteiger partial charge >= 0.3 is 0 Å². The van der Waals surface area contributed by atoms with Crippen molar-refractivity contribution in [1.82, 2.24) is 9.38 Å². The summed E-state index contributed by atoms with van der Waals surface area (Å²) in [6.45, 7) is 1.85. The Hall–Kier alpha value is -1.91. The third kappa shape index (κ3) is 2.17. The number of hydrogen-bond acceptors (Lipinski definition) is 2. The maximum Gasteiger partial charge on any atom is 0.137 e. The van der Waals surface area contributed by atoms with Crippen molar-refractivity contribution in [2.45, 2.75) is 13.0 Å². The summed E-state index contributed by atoms with van der Waals surface area (Å²) in [6, 6.07) is 9.70. The fourth-order valence-corrected chi connectivity index (χ4v) is 2.44. The standard InChI is InChI=1S/C15H13ClFN3/c1-9(18)14-15(10-3-2-4-12(17)7-10)20-8-11(16)5-6-13(20)19-14/h2-9H,18H2,1H3. The molecule has 2 heterocycles. The zero-order chi connectivity index (χ0) is 14.3. The Labute approximate surface area is 120 Å². The van der Waals surface area contributed by atoms with Crippen LogP contribution < -0.4 is 5.73 Å². The number of rotatable bonds is 2. The number of nitrogens with two attached hydrogens (primary N) is 1. The van der Waals surface area contributed by atoms with Crippen molar-refractivity contribution < 1.29 is 4.39 Å². The van der Waals surface area contributed by atoms with E-state index in [4.69, 9.17) is 17.3 Å². The lowest BCUT2D eigenvalue weighted by molar-refractivity contribution is 0.628. The molecule has 1 aromatic carbocycles. The van der Waals surface area contributed by atoms with Crippen LogP contribution in [0.15, 0.2) is 42.6 Å². The van der Waals surface area contributed by atoms with Crippen molar-refractivity contribution >= 4 is 17.2 Å². The Morgan fingerprint density at radius 1 is 1.30 bits per heavy atom. The molecule has 1 atom stereocenters. The number of halogens is 2. The predicted molar refractivity (Wildman–Crippen MR) is 78.2 cm³/mol. The number of benzene rings is 1. The molecule has 1 unspecified atom stereocenters. The van der Waals surface area contributed by atoms with Gasteiger partial charge in [-0.1, -0.05) is 23.7 Å². The summed E-state index contributed by atoms with van der Waals surface area (Å²) < 4.78 is 15.3. The van der Waals surface area contributed by atoms with Gasteiger partial charge in [0.25, 0.3) is 0 Å². The molecule has 3 nitrogen and oxygen atoms in total. The minimum Gasteiger partial charge on any atom is -0.323 e. The lowest BCUT2D eigenvalue weighted by Gasteiger charge is -2.08. The first-order valence-corrected chi connectivity index (χ1v) is 6.63. The van der Waals surface area contributed by atoms with Crippen molar-refractivity contribution in [3.63, 3.8) is 0 Å². The van der Waals surface area contributed by atoms with Crippen molar-refractivity contribution in [3.05, 3.63) is 59.1 Å². The Morgan fingerprint density at radius 3 is 2.80 bits per heavy atom. The molecule has 3 rings (SSSR count). The van der Waals surface area contributed by atoms with Gasteiger partial charge in [-0.05, 0) is 31.2 Å². The molecule has 0 bridgehead atoms. The Morgan fingerprint density at radius 2 is 2.10 bits per heavy atom. The van der Waals surface area contributed by atoms with Crippen LogP contribution in [0.1, 0.15) is 18.7 Å². The maximum absolute atomic E-state index is 13.5. The molecular weight excluding hydrogens is 277 g/mol. The zero-order valence-corrected chi connectivity index (χ0v) is 11.6. The first-order valence-electron chi connectivity index (χ1n) is 6.25. The van der Waals surface area contributed by atoms with E-state index in [9.17, 15) is 4.39 Å². The molecule has 5 heteroatoms. The molecule has 0 radical (unpaired) electrons. The summed E-state index contributed by atoms with van der Waals surface area (Å²) in [7, 11) is 0. The highest BCUT2D eigenvalue weighted by Crippen LogP contribution is 2.29. The van der Waals surface area contributed by atoms with E-state index >= 15 is 0 Å². The summed E-state index contributed by atoms with van der Waals surface area (Å²) >= 11 is 6.04. The number of imidazole rings is 1. The molecule has 3 aromatic rings. The molecule has 0 aliphatic rings. The average molecular weight is 290 g/mol. The fraction of sp³-hybridized carbons (Fsp3) is 0.133. The van der Waals surface area contributed by atoms with E-state index in [0.29, 0.717) is 5.02 Å². The minimum atomic E-state index is -0.296. The van der Waals surface area contributed by atoms with Gasteiger partial charge in [-0.15, -0.1) is 0 Å². The SMILES string of the molecule is CC(N)c1nc2ccc(Cl)cn2c1-c1cccc(F)c1. The summed E-state index contributed by atoms with van der Waals surface area (Å²) in [5.41, 5.74) is 8.95. The third-order valence-corrected chi connectivity index (χ3v) is 3.36. The van der Waals surface area contributed by atoms with Gasteiger partial charge in [0.1, 0.15) is 11.5 Å². The summed E-state index contributed by atoms with van der Waals surface area (Å²) in [5.74, 6) is -0.296. The second kappa shape index (κ2) is 4.89. The van der Waals surface area contributed by atoms with Gasteiger partial charge < -0.3 is 5.73 Å². The second-order valence-corrected chi connectivity index (χ2v) is 5.16. The van der Waals surface area contributed by atoms with Gasteiger partial charge in [-0.3, -0.25) is 4.40 Å². The lowest BCUT2D eigenvalue weighted by atomic mass is 10.1. The molecule has 0 saturated carbocycles. The van der Waals surface area contributed by atoms with E-state index in [-0.39, 0.29) is 11.9 Å². The largest absolute Gasteiger partial charge is 0.323 e. The highest BCUT2D eigenvalue weighted by Gasteiger charge is 2.17. The first kappa shape index (κ1) is 13.1. The topological polar surface area (TPSA) is 43.3 Å². The van der Waals surface area contributed by atoms with Crippen LogP contribution in [0.2, 0.25) is 5.02 Å². The summed E-state index contributed by atoms with van der Waals surface area (Å²) in [6.07, 6.45) is 1.76. The highest BCUT2D eigenvalue weighted by molar-refractivity contribution is 6.30. The van der Waals surface area contributed by atoms with Gasteiger partial charge in [0.15, 0.2) is 0 Å². The van der Waals surface area contributed by atoms with Crippen LogP contribution in [0.25, 0.3) is 16.9 Å². The Bertz CT molecular complexity index is 780. The molecule has 2 N–H and O–H groups in total. The molecule has 0 saturated heterocycles. The number of aromatic nitrogens is 2. The Kier molecular flexibility index (Phi) is 3.20. The number of pyridine rings is 1. The highest BCUT2D eigenvalue weighted by atomic mass is 35.5. The molecule has 0 aliphatic heterocycles.